The second-order valence-electron chi connectivity index (χ2n) is 7.86. The molecule has 0 spiro atoms. The van der Waals surface area contributed by atoms with Crippen LogP contribution in [0.3, 0.4) is 0 Å². The zero-order chi connectivity index (χ0) is 27.1. The van der Waals surface area contributed by atoms with Gasteiger partial charge in [0.05, 0.1) is 19.8 Å². The molecule has 1 aromatic rings. The molecule has 1 aromatic carbocycles. The smallest absolute Gasteiger partial charge is 0.480 e. The Bertz CT molecular complexity index is 874. The summed E-state index contributed by atoms with van der Waals surface area (Å²) in [5.74, 6) is -1.21. The van der Waals surface area contributed by atoms with Gasteiger partial charge in [-0.05, 0) is 50.8 Å². The monoisotopic (exact) mass is 513 g/mol. The van der Waals surface area contributed by atoms with Gasteiger partial charge < -0.3 is 38.8 Å². The van der Waals surface area contributed by atoms with Gasteiger partial charge in [-0.3, -0.25) is 4.79 Å². The van der Waals surface area contributed by atoms with Crippen molar-refractivity contribution in [1.29, 1.82) is 0 Å². The summed E-state index contributed by atoms with van der Waals surface area (Å²) < 4.78 is 29.8. The minimum absolute atomic E-state index is 0.0284. The lowest BCUT2D eigenvalue weighted by molar-refractivity contribution is -0.139. The molecule has 2 N–H and O–H groups in total. The highest BCUT2D eigenvalue weighted by Crippen LogP contribution is 2.30. The number of aliphatic carboxylic acids is 1. The first kappa shape index (κ1) is 30.5. The third-order valence-electron chi connectivity index (χ3n) is 4.79. The van der Waals surface area contributed by atoms with Crippen LogP contribution in [0.2, 0.25) is 0 Å². The zero-order valence-electron chi connectivity index (χ0n) is 21.2. The Kier molecular flexibility index (Phi) is 13.7. The lowest BCUT2D eigenvalue weighted by Crippen LogP contribution is -2.42. The average Bonchev–Trinajstić information content (AvgIpc) is 2.81. The van der Waals surface area contributed by atoms with Gasteiger partial charge in [-0.25, -0.2) is 14.4 Å². The Labute approximate surface area is 210 Å². The lowest BCUT2D eigenvalue weighted by Gasteiger charge is -2.19. The summed E-state index contributed by atoms with van der Waals surface area (Å²) in [4.78, 5) is 47.1. The van der Waals surface area contributed by atoms with Gasteiger partial charge in [0.25, 0.3) is 0 Å². The molecule has 0 aliphatic heterocycles. The van der Waals surface area contributed by atoms with Gasteiger partial charge in [0, 0.05) is 6.54 Å². The lowest BCUT2D eigenvalue weighted by atomic mass is 10.0. The van der Waals surface area contributed by atoms with Crippen LogP contribution in [0.25, 0.3) is 0 Å². The van der Waals surface area contributed by atoms with Crippen molar-refractivity contribution in [3.05, 3.63) is 23.8 Å². The maximum Gasteiger partial charge on any atom is 0.513 e. The number of rotatable bonds is 14. The van der Waals surface area contributed by atoms with Crippen molar-refractivity contribution in [2.75, 3.05) is 26.4 Å². The van der Waals surface area contributed by atoms with Crippen molar-refractivity contribution in [3.63, 3.8) is 0 Å². The molecule has 0 radical (unpaired) electrons. The van der Waals surface area contributed by atoms with E-state index >= 15 is 0 Å². The maximum absolute atomic E-state index is 11.8. The minimum Gasteiger partial charge on any atom is -0.480 e. The normalized spacial score (nSPS) is 13.0. The molecule has 2 unspecified atom stereocenters. The first-order chi connectivity index (χ1) is 17.1. The molecule has 36 heavy (non-hydrogen) atoms. The standard InChI is InChI=1S/C24H35NO11/c1-6-15(4)14-33-24(30)34-16(5)13-25-18(21(26)27)11-17-9-10-19(35-22(28)31-7-2)20(12-17)36-23(29)32-8-3/h9-10,12,15-16,18,25H,6-8,11,13-14H2,1-5H3,(H,26,27)/t15?,16?,18-/m0/s1. The van der Waals surface area contributed by atoms with Gasteiger partial charge in [0.2, 0.25) is 0 Å². The molecule has 0 heterocycles. The van der Waals surface area contributed by atoms with E-state index in [1.54, 1.807) is 20.8 Å². The molecule has 0 fully saturated rings. The van der Waals surface area contributed by atoms with Crippen LogP contribution >= 0.6 is 0 Å². The fourth-order valence-corrected chi connectivity index (χ4v) is 2.68. The highest BCUT2D eigenvalue weighted by atomic mass is 16.7. The number of nitrogens with one attached hydrogen (secondary N) is 1. The molecule has 0 aliphatic carbocycles. The van der Waals surface area contributed by atoms with Gasteiger partial charge >= 0.3 is 24.4 Å². The maximum atomic E-state index is 11.8. The largest absolute Gasteiger partial charge is 0.513 e. The average molecular weight is 514 g/mol. The van der Waals surface area contributed by atoms with Crippen molar-refractivity contribution >= 4 is 24.4 Å². The van der Waals surface area contributed by atoms with Gasteiger partial charge in [-0.2, -0.15) is 0 Å². The Hall–Kier alpha value is -3.54. The van der Waals surface area contributed by atoms with E-state index in [1.807, 2.05) is 13.8 Å². The van der Waals surface area contributed by atoms with Gasteiger partial charge in [-0.1, -0.05) is 26.3 Å². The molecule has 0 aliphatic rings. The molecular formula is C24H35NO11. The molecule has 202 valence electrons. The molecule has 0 amide bonds. The number of benzene rings is 1. The van der Waals surface area contributed by atoms with E-state index in [2.05, 4.69) is 5.32 Å². The quantitative estimate of drug-likeness (QED) is 0.210. The summed E-state index contributed by atoms with van der Waals surface area (Å²) in [5.41, 5.74) is 0.451. The summed E-state index contributed by atoms with van der Waals surface area (Å²) >= 11 is 0. The summed E-state index contributed by atoms with van der Waals surface area (Å²) in [6.07, 6.45) is -2.68. The molecule has 3 atom stereocenters. The topological polar surface area (TPSA) is 156 Å². The van der Waals surface area contributed by atoms with Crippen LogP contribution < -0.4 is 14.8 Å². The second-order valence-corrected chi connectivity index (χ2v) is 7.86. The number of carbonyl (C=O) groups is 4. The van der Waals surface area contributed by atoms with Crippen molar-refractivity contribution in [1.82, 2.24) is 5.32 Å². The van der Waals surface area contributed by atoms with E-state index in [0.717, 1.165) is 6.42 Å². The van der Waals surface area contributed by atoms with Crippen LogP contribution in [0.5, 0.6) is 11.5 Å². The Morgan fingerprint density at radius 3 is 2.06 bits per heavy atom. The molecule has 12 heteroatoms. The number of hydrogen-bond acceptors (Lipinski definition) is 11. The van der Waals surface area contributed by atoms with E-state index in [-0.39, 0.29) is 50.2 Å². The van der Waals surface area contributed by atoms with Crippen molar-refractivity contribution in [3.8, 4) is 11.5 Å². The molecule has 0 saturated heterocycles. The van der Waals surface area contributed by atoms with Gasteiger partial charge in [0.1, 0.15) is 12.1 Å². The zero-order valence-corrected chi connectivity index (χ0v) is 21.2. The highest BCUT2D eigenvalue weighted by Gasteiger charge is 2.22. The first-order valence-electron chi connectivity index (χ1n) is 11.7. The van der Waals surface area contributed by atoms with Crippen LogP contribution in [0.4, 0.5) is 14.4 Å². The third kappa shape index (κ3) is 11.7. The molecule has 1 rings (SSSR count). The number of carboxylic acids is 1. The second kappa shape index (κ2) is 16.2. The molecule has 0 aromatic heterocycles. The Morgan fingerprint density at radius 1 is 0.889 bits per heavy atom. The SMILES string of the molecule is CCOC(=O)Oc1ccc(C[C@H](NCC(C)OC(=O)OCC(C)CC)C(=O)O)cc1OC(=O)OCC. The van der Waals surface area contributed by atoms with Crippen molar-refractivity contribution in [2.24, 2.45) is 5.92 Å². The van der Waals surface area contributed by atoms with Crippen LogP contribution in [0.1, 0.15) is 46.6 Å². The highest BCUT2D eigenvalue weighted by molar-refractivity contribution is 5.74. The molecule has 0 bridgehead atoms. The molecular weight excluding hydrogens is 478 g/mol. The minimum atomic E-state index is -1.15. The summed E-state index contributed by atoms with van der Waals surface area (Å²) in [7, 11) is 0. The number of carboxylic acid groups (broad SMARTS) is 1. The molecule has 12 nitrogen and oxygen atoms in total. The molecule has 0 saturated carbocycles. The Morgan fingerprint density at radius 2 is 1.50 bits per heavy atom. The number of hydrogen-bond donors (Lipinski definition) is 2. The van der Waals surface area contributed by atoms with E-state index in [9.17, 15) is 24.3 Å². The van der Waals surface area contributed by atoms with Crippen LogP contribution in [0, 0.1) is 5.92 Å². The van der Waals surface area contributed by atoms with E-state index in [4.69, 9.17) is 28.4 Å². The van der Waals surface area contributed by atoms with E-state index < -0.39 is 36.6 Å². The van der Waals surface area contributed by atoms with E-state index in [1.165, 1.54) is 18.2 Å². The predicted octanol–water partition coefficient (Wildman–Crippen LogP) is 3.93. The first-order valence-corrected chi connectivity index (χ1v) is 11.7. The van der Waals surface area contributed by atoms with Crippen LogP contribution in [-0.2, 0) is 30.2 Å². The summed E-state index contributed by atoms with van der Waals surface area (Å²) in [5, 5.41) is 12.5. The number of ether oxygens (including phenoxy) is 6. The van der Waals surface area contributed by atoms with E-state index in [0.29, 0.717) is 5.56 Å². The van der Waals surface area contributed by atoms with Crippen LogP contribution in [0.15, 0.2) is 18.2 Å². The van der Waals surface area contributed by atoms with Gasteiger partial charge in [0.15, 0.2) is 11.5 Å². The van der Waals surface area contributed by atoms with Crippen molar-refractivity contribution in [2.45, 2.75) is 59.6 Å². The van der Waals surface area contributed by atoms with Gasteiger partial charge in [-0.15, -0.1) is 0 Å². The number of carbonyl (C=O) groups excluding carboxylic acids is 3. The predicted molar refractivity (Wildman–Crippen MR) is 126 cm³/mol. The van der Waals surface area contributed by atoms with Crippen molar-refractivity contribution < 1.29 is 52.7 Å². The fraction of sp³-hybridized carbons (Fsp3) is 0.583. The summed E-state index contributed by atoms with van der Waals surface area (Å²) in [6, 6.07) is 3.14. The third-order valence-corrected chi connectivity index (χ3v) is 4.79. The fourth-order valence-electron chi connectivity index (χ4n) is 2.68. The Balaban J connectivity index is 2.85. The van der Waals surface area contributed by atoms with Crippen LogP contribution in [-0.4, -0.2) is 68.1 Å². The summed E-state index contributed by atoms with van der Waals surface area (Å²) in [6.45, 7) is 9.12.